The van der Waals surface area contributed by atoms with Crippen molar-refractivity contribution >= 4 is 15.9 Å². The van der Waals surface area contributed by atoms with E-state index in [0.29, 0.717) is 48.7 Å². The summed E-state index contributed by atoms with van der Waals surface area (Å²) in [4.78, 5) is 17.4. The zero-order valence-electron chi connectivity index (χ0n) is 21.0. The van der Waals surface area contributed by atoms with Crippen LogP contribution in [0.1, 0.15) is 34.5 Å². The van der Waals surface area contributed by atoms with Gasteiger partial charge in [-0.1, -0.05) is 12.1 Å². The summed E-state index contributed by atoms with van der Waals surface area (Å²) in [5.74, 6) is -0.427. The molecule has 1 aliphatic heterocycles. The molecular formula is C24H27F4N7O3S. The summed E-state index contributed by atoms with van der Waals surface area (Å²) in [6.07, 6.45) is -4.17. The van der Waals surface area contributed by atoms with Gasteiger partial charge in [0.25, 0.3) is 0 Å². The molecule has 210 valence electrons. The van der Waals surface area contributed by atoms with Crippen molar-refractivity contribution in [2.24, 2.45) is 5.14 Å². The highest BCUT2D eigenvalue weighted by Crippen LogP contribution is 2.31. The molecule has 2 heterocycles. The van der Waals surface area contributed by atoms with Crippen molar-refractivity contribution in [3.63, 3.8) is 0 Å². The minimum absolute atomic E-state index is 0.0122. The number of aryl methyl sites for hydroxylation is 2. The van der Waals surface area contributed by atoms with E-state index in [0.717, 1.165) is 18.2 Å². The molecule has 0 saturated carbocycles. The maximum absolute atomic E-state index is 14.4. The van der Waals surface area contributed by atoms with E-state index in [-0.39, 0.29) is 36.7 Å². The van der Waals surface area contributed by atoms with Crippen molar-refractivity contribution in [1.29, 1.82) is 0 Å². The predicted octanol–water partition coefficient (Wildman–Crippen LogP) is 2.11. The first-order chi connectivity index (χ1) is 18.3. The highest BCUT2D eigenvalue weighted by Gasteiger charge is 2.31. The molecule has 0 bridgehead atoms. The van der Waals surface area contributed by atoms with Crippen molar-refractivity contribution in [2.45, 2.75) is 43.9 Å². The van der Waals surface area contributed by atoms with Crippen molar-refractivity contribution in [1.82, 2.24) is 30.0 Å². The molecule has 2 aromatic carbocycles. The van der Waals surface area contributed by atoms with Crippen LogP contribution in [0.25, 0.3) is 0 Å². The Balaban J connectivity index is 1.35. The summed E-state index contributed by atoms with van der Waals surface area (Å²) in [6, 6.07) is 6.94. The maximum Gasteiger partial charge on any atom is 0.416 e. The molecule has 0 atom stereocenters. The van der Waals surface area contributed by atoms with Gasteiger partial charge in [0, 0.05) is 44.7 Å². The summed E-state index contributed by atoms with van der Waals surface area (Å²) < 4.78 is 77.0. The molecule has 0 radical (unpaired) electrons. The fourth-order valence-corrected chi connectivity index (χ4v) is 4.89. The SMILES string of the molecule is Cc1nnn(Cc2cc(C(F)(F)F)ccc2CCC(=O)N2CCN(Cc3ccc(S(N)(=O)=O)cc3F)CC2)n1. The van der Waals surface area contributed by atoms with Crippen LogP contribution in [0.2, 0.25) is 0 Å². The summed E-state index contributed by atoms with van der Waals surface area (Å²) in [7, 11) is -4.00. The maximum atomic E-state index is 14.4. The standard InChI is InChI=1S/C24H27F4N7O3S/c1-16-30-32-35(31-16)15-19-12-20(24(26,27)28)5-2-17(19)4-7-23(36)34-10-8-33(9-11-34)14-18-3-6-21(13-22(18)25)39(29,37)38/h2-3,5-6,12-13H,4,7-11,14-15H2,1H3,(H2,29,37,38). The fourth-order valence-electron chi connectivity index (χ4n) is 4.37. The van der Waals surface area contributed by atoms with E-state index in [1.54, 1.807) is 11.8 Å². The fraction of sp³-hybridized carbons (Fsp3) is 0.417. The lowest BCUT2D eigenvalue weighted by molar-refractivity contribution is -0.137. The normalized spacial score (nSPS) is 15.1. The second kappa shape index (κ2) is 11.4. The van der Waals surface area contributed by atoms with Gasteiger partial charge in [-0.15, -0.1) is 10.2 Å². The van der Waals surface area contributed by atoms with E-state index >= 15 is 0 Å². The number of carbonyl (C=O) groups excluding carboxylic acids is 1. The molecule has 0 unspecified atom stereocenters. The number of rotatable bonds is 8. The summed E-state index contributed by atoms with van der Waals surface area (Å²) in [5.41, 5.74) is 0.462. The van der Waals surface area contributed by atoms with Gasteiger partial charge in [-0.05, 0) is 54.0 Å². The topological polar surface area (TPSA) is 127 Å². The second-order valence-electron chi connectivity index (χ2n) is 9.30. The Hall–Kier alpha value is -3.43. The number of hydrogen-bond donors (Lipinski definition) is 1. The van der Waals surface area contributed by atoms with Gasteiger partial charge in [0.1, 0.15) is 5.82 Å². The van der Waals surface area contributed by atoms with Crippen molar-refractivity contribution in [2.75, 3.05) is 26.2 Å². The number of halogens is 4. The van der Waals surface area contributed by atoms with E-state index in [9.17, 15) is 30.8 Å². The lowest BCUT2D eigenvalue weighted by Gasteiger charge is -2.35. The minimum Gasteiger partial charge on any atom is -0.340 e. The number of sulfonamides is 1. The average Bonchev–Trinajstić information content (AvgIpc) is 3.27. The number of amides is 1. The molecule has 0 spiro atoms. The Morgan fingerprint density at radius 1 is 1.00 bits per heavy atom. The second-order valence-corrected chi connectivity index (χ2v) is 10.9. The molecular weight excluding hydrogens is 542 g/mol. The Kier molecular flexibility index (Phi) is 8.32. The van der Waals surface area contributed by atoms with Crippen molar-refractivity contribution in [3.05, 3.63) is 70.3 Å². The molecule has 1 saturated heterocycles. The quantitative estimate of drug-likeness (QED) is 0.412. The van der Waals surface area contributed by atoms with Crippen LogP contribution in [0.3, 0.4) is 0 Å². The molecule has 15 heteroatoms. The molecule has 0 aliphatic carbocycles. The van der Waals surface area contributed by atoms with Crippen LogP contribution >= 0.6 is 0 Å². The van der Waals surface area contributed by atoms with E-state index in [1.165, 1.54) is 23.0 Å². The molecule has 2 N–H and O–H groups in total. The van der Waals surface area contributed by atoms with Crippen LogP contribution in [0.5, 0.6) is 0 Å². The third-order valence-corrected chi connectivity index (χ3v) is 7.39. The number of aromatic nitrogens is 4. The number of alkyl halides is 3. The summed E-state index contributed by atoms with van der Waals surface area (Å²) >= 11 is 0. The van der Waals surface area contributed by atoms with Crippen molar-refractivity contribution in [3.8, 4) is 0 Å². The van der Waals surface area contributed by atoms with Gasteiger partial charge in [-0.25, -0.2) is 17.9 Å². The van der Waals surface area contributed by atoms with Crippen LogP contribution in [0, 0.1) is 12.7 Å². The van der Waals surface area contributed by atoms with Gasteiger partial charge in [-0.2, -0.15) is 18.0 Å². The van der Waals surface area contributed by atoms with E-state index in [4.69, 9.17) is 5.14 Å². The number of primary sulfonamides is 1. The largest absolute Gasteiger partial charge is 0.416 e. The minimum atomic E-state index is -4.51. The lowest BCUT2D eigenvalue weighted by Crippen LogP contribution is -2.48. The Morgan fingerprint density at radius 3 is 2.28 bits per heavy atom. The lowest BCUT2D eigenvalue weighted by atomic mass is 9.99. The number of nitrogens with two attached hydrogens (primary N) is 1. The number of benzene rings is 2. The number of carbonyl (C=O) groups is 1. The van der Waals surface area contributed by atoms with Crippen LogP contribution in [-0.2, 0) is 40.5 Å². The van der Waals surface area contributed by atoms with Crippen LogP contribution in [-0.4, -0.2) is 70.5 Å². The zero-order chi connectivity index (χ0) is 28.4. The van der Waals surface area contributed by atoms with Crippen LogP contribution in [0.15, 0.2) is 41.3 Å². The van der Waals surface area contributed by atoms with E-state index in [2.05, 4.69) is 15.4 Å². The first-order valence-corrected chi connectivity index (χ1v) is 13.6. The monoisotopic (exact) mass is 569 g/mol. The first kappa shape index (κ1) is 28.6. The highest BCUT2D eigenvalue weighted by molar-refractivity contribution is 7.89. The molecule has 39 heavy (non-hydrogen) atoms. The number of hydrogen-bond acceptors (Lipinski definition) is 7. The van der Waals surface area contributed by atoms with E-state index in [1.807, 2.05) is 4.90 Å². The van der Waals surface area contributed by atoms with Gasteiger partial charge in [0.15, 0.2) is 5.82 Å². The average molecular weight is 570 g/mol. The summed E-state index contributed by atoms with van der Waals surface area (Å²) in [5, 5.41) is 16.7. The molecule has 1 amide bonds. The number of piperazine rings is 1. The molecule has 10 nitrogen and oxygen atoms in total. The number of tetrazole rings is 1. The van der Waals surface area contributed by atoms with Gasteiger partial charge in [0.2, 0.25) is 15.9 Å². The zero-order valence-corrected chi connectivity index (χ0v) is 21.8. The Morgan fingerprint density at radius 2 is 1.69 bits per heavy atom. The molecule has 1 aliphatic rings. The van der Waals surface area contributed by atoms with Gasteiger partial charge in [-0.3, -0.25) is 9.69 Å². The first-order valence-electron chi connectivity index (χ1n) is 12.0. The Labute approximate surface area is 222 Å². The van der Waals surface area contributed by atoms with Gasteiger partial charge in [0.05, 0.1) is 17.0 Å². The van der Waals surface area contributed by atoms with Gasteiger partial charge >= 0.3 is 6.18 Å². The molecule has 1 aromatic heterocycles. The van der Waals surface area contributed by atoms with Crippen LogP contribution in [0.4, 0.5) is 17.6 Å². The third kappa shape index (κ3) is 7.36. The highest BCUT2D eigenvalue weighted by atomic mass is 32.2. The predicted molar refractivity (Wildman–Crippen MR) is 131 cm³/mol. The molecule has 4 rings (SSSR count). The van der Waals surface area contributed by atoms with Gasteiger partial charge < -0.3 is 4.90 Å². The van der Waals surface area contributed by atoms with Crippen LogP contribution < -0.4 is 5.14 Å². The molecule has 1 fully saturated rings. The molecule has 3 aromatic rings. The van der Waals surface area contributed by atoms with E-state index < -0.39 is 27.6 Å². The Bertz CT molecular complexity index is 1450. The summed E-state index contributed by atoms with van der Waals surface area (Å²) in [6.45, 7) is 3.60. The smallest absolute Gasteiger partial charge is 0.340 e. The van der Waals surface area contributed by atoms with Crippen molar-refractivity contribution < 1.29 is 30.8 Å². The third-order valence-electron chi connectivity index (χ3n) is 6.48. The number of nitrogens with zero attached hydrogens (tertiary/aromatic N) is 6.